The SMILES string of the molecule is O=[N+]([O-])c1ccc(NCCCCCCO)c2ccncc12. The number of non-ortho nitro benzene ring substituents is 1. The number of aliphatic hydroxyl groups is 1. The first-order valence-electron chi connectivity index (χ1n) is 7.10. The Hall–Kier alpha value is -2.21. The van der Waals surface area contributed by atoms with Crippen molar-refractivity contribution in [2.45, 2.75) is 25.7 Å². The maximum atomic E-state index is 11.0. The zero-order valence-electron chi connectivity index (χ0n) is 11.8. The van der Waals surface area contributed by atoms with E-state index in [1.54, 1.807) is 18.3 Å². The van der Waals surface area contributed by atoms with E-state index in [-0.39, 0.29) is 17.2 Å². The number of nitrogens with one attached hydrogen (secondary N) is 1. The number of fused-ring (bicyclic) bond motifs is 1. The molecule has 0 spiro atoms. The molecule has 2 N–H and O–H groups in total. The lowest BCUT2D eigenvalue weighted by Gasteiger charge is -2.09. The Morgan fingerprint density at radius 3 is 2.71 bits per heavy atom. The molecule has 1 aromatic heterocycles. The van der Waals surface area contributed by atoms with E-state index in [0.717, 1.165) is 43.3 Å². The maximum absolute atomic E-state index is 11.0. The largest absolute Gasteiger partial charge is 0.396 e. The van der Waals surface area contributed by atoms with E-state index in [4.69, 9.17) is 5.11 Å². The Bertz CT molecular complexity index is 616. The lowest BCUT2D eigenvalue weighted by Crippen LogP contribution is -2.03. The van der Waals surface area contributed by atoms with E-state index < -0.39 is 0 Å². The fourth-order valence-corrected chi connectivity index (χ4v) is 2.30. The summed E-state index contributed by atoms with van der Waals surface area (Å²) in [6.45, 7) is 1.05. The Balaban J connectivity index is 2.07. The predicted molar refractivity (Wildman–Crippen MR) is 82.4 cm³/mol. The van der Waals surface area contributed by atoms with Crippen molar-refractivity contribution in [1.82, 2.24) is 4.98 Å². The van der Waals surface area contributed by atoms with E-state index in [2.05, 4.69) is 10.3 Å². The molecule has 0 fully saturated rings. The minimum absolute atomic E-state index is 0.0756. The van der Waals surface area contributed by atoms with Gasteiger partial charge in [0.2, 0.25) is 0 Å². The second-order valence-electron chi connectivity index (χ2n) is 4.88. The van der Waals surface area contributed by atoms with Gasteiger partial charge in [-0.3, -0.25) is 15.1 Å². The lowest BCUT2D eigenvalue weighted by molar-refractivity contribution is -0.383. The van der Waals surface area contributed by atoms with Crippen LogP contribution in [0.15, 0.2) is 30.6 Å². The topological polar surface area (TPSA) is 88.3 Å². The fourth-order valence-electron chi connectivity index (χ4n) is 2.30. The van der Waals surface area contributed by atoms with Crippen LogP contribution in [-0.2, 0) is 0 Å². The molecule has 0 bridgehead atoms. The van der Waals surface area contributed by atoms with E-state index >= 15 is 0 Å². The summed E-state index contributed by atoms with van der Waals surface area (Å²) in [6, 6.07) is 5.04. The number of hydrogen-bond donors (Lipinski definition) is 2. The number of nitrogens with zero attached hydrogens (tertiary/aromatic N) is 2. The van der Waals surface area contributed by atoms with E-state index in [0.29, 0.717) is 5.39 Å². The van der Waals surface area contributed by atoms with Crippen LogP contribution in [0.1, 0.15) is 25.7 Å². The van der Waals surface area contributed by atoms with Gasteiger partial charge in [-0.2, -0.15) is 0 Å². The van der Waals surface area contributed by atoms with Crippen LogP contribution in [0.5, 0.6) is 0 Å². The van der Waals surface area contributed by atoms with Gasteiger partial charge in [-0.15, -0.1) is 0 Å². The molecular weight excluding hydrogens is 270 g/mol. The number of anilines is 1. The van der Waals surface area contributed by atoms with Crippen LogP contribution < -0.4 is 5.32 Å². The van der Waals surface area contributed by atoms with Gasteiger partial charge in [0.15, 0.2) is 0 Å². The van der Waals surface area contributed by atoms with Crippen LogP contribution in [0.2, 0.25) is 0 Å². The average molecular weight is 289 g/mol. The maximum Gasteiger partial charge on any atom is 0.278 e. The monoisotopic (exact) mass is 289 g/mol. The van der Waals surface area contributed by atoms with Crippen molar-refractivity contribution in [2.24, 2.45) is 0 Å². The molecule has 0 aliphatic rings. The first-order valence-corrected chi connectivity index (χ1v) is 7.10. The first-order chi connectivity index (χ1) is 10.2. The molecule has 6 nitrogen and oxygen atoms in total. The van der Waals surface area contributed by atoms with Gasteiger partial charge in [0.25, 0.3) is 5.69 Å². The van der Waals surface area contributed by atoms with E-state index in [9.17, 15) is 10.1 Å². The van der Waals surface area contributed by atoms with Crippen LogP contribution in [-0.4, -0.2) is 28.2 Å². The summed E-state index contributed by atoms with van der Waals surface area (Å²) in [5.74, 6) is 0. The highest BCUT2D eigenvalue weighted by Crippen LogP contribution is 2.30. The molecule has 6 heteroatoms. The van der Waals surface area contributed by atoms with Crippen LogP contribution >= 0.6 is 0 Å². The summed E-state index contributed by atoms with van der Waals surface area (Å²) in [7, 11) is 0. The van der Waals surface area contributed by atoms with E-state index in [1.807, 2.05) is 0 Å². The minimum atomic E-state index is -0.386. The Morgan fingerprint density at radius 1 is 1.14 bits per heavy atom. The van der Waals surface area contributed by atoms with Crippen molar-refractivity contribution in [2.75, 3.05) is 18.5 Å². The van der Waals surface area contributed by atoms with Gasteiger partial charge in [0.1, 0.15) is 0 Å². The zero-order chi connectivity index (χ0) is 15.1. The van der Waals surface area contributed by atoms with Crippen molar-refractivity contribution in [3.05, 3.63) is 40.7 Å². The van der Waals surface area contributed by atoms with Crippen LogP contribution in [0.25, 0.3) is 10.8 Å². The molecule has 1 heterocycles. The van der Waals surface area contributed by atoms with Crippen molar-refractivity contribution in [1.29, 1.82) is 0 Å². The summed E-state index contributed by atoms with van der Waals surface area (Å²) in [5.41, 5.74) is 0.965. The number of aliphatic hydroxyl groups excluding tert-OH is 1. The summed E-state index contributed by atoms with van der Waals surface area (Å²) in [5, 5.41) is 24.4. The minimum Gasteiger partial charge on any atom is -0.396 e. The van der Waals surface area contributed by atoms with Crippen molar-refractivity contribution < 1.29 is 10.0 Å². The molecule has 0 radical (unpaired) electrons. The van der Waals surface area contributed by atoms with Crippen molar-refractivity contribution in [3.8, 4) is 0 Å². The van der Waals surface area contributed by atoms with Crippen LogP contribution in [0.3, 0.4) is 0 Å². The molecule has 0 saturated carbocycles. The smallest absolute Gasteiger partial charge is 0.278 e. The summed E-state index contributed by atoms with van der Waals surface area (Å²) >= 11 is 0. The Morgan fingerprint density at radius 2 is 1.95 bits per heavy atom. The molecule has 0 aliphatic carbocycles. The second-order valence-corrected chi connectivity index (χ2v) is 4.88. The molecule has 0 amide bonds. The third kappa shape index (κ3) is 3.88. The van der Waals surface area contributed by atoms with Crippen LogP contribution in [0, 0.1) is 10.1 Å². The Labute approximate surface area is 123 Å². The second kappa shape index (κ2) is 7.54. The number of unbranched alkanes of at least 4 members (excludes halogenated alkanes) is 3. The number of nitro benzene ring substituents is 1. The number of pyridine rings is 1. The van der Waals surface area contributed by atoms with Gasteiger partial charge in [-0.25, -0.2) is 0 Å². The first kappa shape index (κ1) is 15.2. The molecule has 2 aromatic rings. The van der Waals surface area contributed by atoms with Gasteiger partial charge in [0.05, 0.1) is 10.3 Å². The molecule has 0 saturated heterocycles. The molecule has 0 atom stereocenters. The quantitative estimate of drug-likeness (QED) is 0.443. The molecule has 0 unspecified atom stereocenters. The number of aromatic nitrogens is 1. The number of rotatable bonds is 8. The van der Waals surface area contributed by atoms with Crippen molar-refractivity contribution in [3.63, 3.8) is 0 Å². The number of benzene rings is 1. The lowest BCUT2D eigenvalue weighted by atomic mass is 10.1. The summed E-state index contributed by atoms with van der Waals surface area (Å²) in [4.78, 5) is 14.6. The number of nitro groups is 1. The third-order valence-corrected chi connectivity index (χ3v) is 3.39. The van der Waals surface area contributed by atoms with Gasteiger partial charge >= 0.3 is 0 Å². The summed E-state index contributed by atoms with van der Waals surface area (Å²) < 4.78 is 0. The molecule has 1 aromatic carbocycles. The average Bonchev–Trinajstić information content (AvgIpc) is 2.50. The van der Waals surface area contributed by atoms with Gasteiger partial charge in [0, 0.05) is 42.7 Å². The molecule has 21 heavy (non-hydrogen) atoms. The van der Waals surface area contributed by atoms with Crippen molar-refractivity contribution >= 4 is 22.1 Å². The Kier molecular flexibility index (Phi) is 5.45. The highest BCUT2D eigenvalue weighted by Gasteiger charge is 2.13. The van der Waals surface area contributed by atoms with Gasteiger partial charge in [-0.1, -0.05) is 12.8 Å². The highest BCUT2D eigenvalue weighted by molar-refractivity contribution is 5.99. The summed E-state index contributed by atoms with van der Waals surface area (Å²) in [6.07, 6.45) is 7.08. The van der Waals surface area contributed by atoms with E-state index in [1.165, 1.54) is 12.3 Å². The fraction of sp³-hybridized carbons (Fsp3) is 0.400. The normalized spacial score (nSPS) is 10.7. The molecule has 2 rings (SSSR count). The standard InChI is InChI=1S/C15H19N3O3/c19-10-4-2-1-3-8-17-14-5-6-15(18(20)21)13-11-16-9-7-12(13)14/h5-7,9,11,17,19H,1-4,8,10H2. The van der Waals surface area contributed by atoms with Gasteiger partial charge < -0.3 is 10.4 Å². The highest BCUT2D eigenvalue weighted by atomic mass is 16.6. The number of hydrogen-bond acceptors (Lipinski definition) is 5. The van der Waals surface area contributed by atoms with Crippen LogP contribution in [0.4, 0.5) is 11.4 Å². The molecular formula is C15H19N3O3. The predicted octanol–water partition coefficient (Wildman–Crippen LogP) is 3.11. The zero-order valence-corrected chi connectivity index (χ0v) is 11.8. The molecule has 112 valence electrons. The molecule has 0 aliphatic heterocycles. The van der Waals surface area contributed by atoms with Gasteiger partial charge in [-0.05, 0) is 25.0 Å². The third-order valence-electron chi connectivity index (χ3n) is 3.39.